The molecule has 1 aliphatic heterocycles. The van der Waals surface area contributed by atoms with Crippen LogP contribution in [0.5, 0.6) is 17.2 Å². The highest BCUT2D eigenvalue weighted by molar-refractivity contribution is 6.32. The molecular formula is C23H22ClN3O4. The van der Waals surface area contributed by atoms with Crippen molar-refractivity contribution in [2.45, 2.75) is 6.04 Å². The number of aromatic nitrogens is 2. The highest BCUT2D eigenvalue weighted by Gasteiger charge is 2.20. The maximum Gasteiger partial charge on any atom is 0.244 e. The lowest BCUT2D eigenvalue weighted by Gasteiger charge is -2.20. The first-order valence-corrected chi connectivity index (χ1v) is 10.1. The van der Waals surface area contributed by atoms with Gasteiger partial charge in [0.15, 0.2) is 11.5 Å². The van der Waals surface area contributed by atoms with E-state index in [1.165, 1.54) is 6.08 Å². The monoisotopic (exact) mass is 439 g/mol. The van der Waals surface area contributed by atoms with Gasteiger partial charge in [-0.1, -0.05) is 23.7 Å². The van der Waals surface area contributed by atoms with E-state index in [0.717, 1.165) is 16.9 Å². The van der Waals surface area contributed by atoms with Crippen LogP contribution in [0.15, 0.2) is 54.9 Å². The molecule has 1 unspecified atom stereocenters. The third-order valence-corrected chi connectivity index (χ3v) is 5.18. The number of aryl methyl sites for hydroxylation is 1. The van der Waals surface area contributed by atoms with Gasteiger partial charge in [-0.05, 0) is 41.5 Å². The Kier molecular flexibility index (Phi) is 6.13. The van der Waals surface area contributed by atoms with Crippen molar-refractivity contribution in [3.8, 4) is 17.2 Å². The summed E-state index contributed by atoms with van der Waals surface area (Å²) < 4.78 is 18.2. The van der Waals surface area contributed by atoms with E-state index in [1.807, 2.05) is 42.1 Å². The number of nitrogens with one attached hydrogen (secondary N) is 1. The lowest BCUT2D eigenvalue weighted by Crippen LogP contribution is -2.29. The molecule has 4 rings (SSSR count). The maximum absolute atomic E-state index is 12.8. The molecule has 7 nitrogen and oxygen atoms in total. The molecule has 0 spiro atoms. The van der Waals surface area contributed by atoms with E-state index in [1.54, 1.807) is 31.5 Å². The highest BCUT2D eigenvalue weighted by Crippen LogP contribution is 2.38. The van der Waals surface area contributed by atoms with E-state index in [-0.39, 0.29) is 5.91 Å². The molecule has 1 aliphatic rings. The first-order valence-electron chi connectivity index (χ1n) is 9.74. The lowest BCUT2D eigenvalue weighted by molar-refractivity contribution is -0.117. The van der Waals surface area contributed by atoms with Crippen LogP contribution in [0.1, 0.15) is 23.0 Å². The number of ether oxygens (including phenoxy) is 3. The van der Waals surface area contributed by atoms with Gasteiger partial charge in [0.25, 0.3) is 0 Å². The molecule has 0 saturated heterocycles. The van der Waals surface area contributed by atoms with Crippen molar-refractivity contribution in [3.05, 3.63) is 76.8 Å². The lowest BCUT2D eigenvalue weighted by atomic mass is 10.1. The van der Waals surface area contributed by atoms with Gasteiger partial charge in [0.05, 0.1) is 12.1 Å². The Balaban J connectivity index is 1.55. The molecule has 8 heteroatoms. The first kappa shape index (κ1) is 20.8. The summed E-state index contributed by atoms with van der Waals surface area (Å²) in [4.78, 5) is 17.2. The number of halogens is 1. The van der Waals surface area contributed by atoms with Gasteiger partial charge in [0.2, 0.25) is 5.91 Å². The van der Waals surface area contributed by atoms with Crippen LogP contribution in [0.4, 0.5) is 0 Å². The quantitative estimate of drug-likeness (QED) is 0.592. The van der Waals surface area contributed by atoms with Crippen LogP contribution in [-0.4, -0.2) is 35.8 Å². The number of amides is 1. The fourth-order valence-corrected chi connectivity index (χ4v) is 3.61. The zero-order valence-electron chi connectivity index (χ0n) is 17.2. The van der Waals surface area contributed by atoms with Gasteiger partial charge >= 0.3 is 0 Å². The highest BCUT2D eigenvalue weighted by atomic mass is 35.5. The number of benzene rings is 2. The molecule has 31 heavy (non-hydrogen) atoms. The molecule has 160 valence electrons. The van der Waals surface area contributed by atoms with Gasteiger partial charge in [0, 0.05) is 25.5 Å². The molecule has 1 amide bonds. The summed E-state index contributed by atoms with van der Waals surface area (Å²) in [5.74, 6) is 2.29. The molecule has 0 saturated carbocycles. The molecule has 2 aromatic carbocycles. The smallest absolute Gasteiger partial charge is 0.244 e. The normalized spacial score (nSPS) is 13.8. The van der Waals surface area contributed by atoms with Crippen LogP contribution in [0.3, 0.4) is 0 Å². The van der Waals surface area contributed by atoms with Crippen LogP contribution in [0.25, 0.3) is 6.08 Å². The number of fused-ring (bicyclic) bond motifs is 1. The summed E-state index contributed by atoms with van der Waals surface area (Å²) in [6.07, 6.45) is 6.68. The predicted molar refractivity (Wildman–Crippen MR) is 118 cm³/mol. The molecule has 2 heterocycles. The van der Waals surface area contributed by atoms with Crippen molar-refractivity contribution in [2.24, 2.45) is 7.05 Å². The number of rotatable bonds is 6. The SMILES string of the molecule is COc1ccc(C(NC(=O)/C=C/c2cc(Cl)c3c(c2)OCCO3)c2nccn2C)cc1. The Hall–Kier alpha value is -3.45. The average molecular weight is 440 g/mol. The number of hydrogen-bond acceptors (Lipinski definition) is 5. The minimum atomic E-state index is -0.424. The Morgan fingerprint density at radius 2 is 2.03 bits per heavy atom. The molecular weight excluding hydrogens is 418 g/mol. The number of methoxy groups -OCH3 is 1. The summed E-state index contributed by atoms with van der Waals surface area (Å²) >= 11 is 6.28. The van der Waals surface area contributed by atoms with Gasteiger partial charge in [-0.25, -0.2) is 4.98 Å². The largest absolute Gasteiger partial charge is 0.497 e. The second-order valence-corrected chi connectivity index (χ2v) is 7.38. The van der Waals surface area contributed by atoms with E-state index in [4.69, 9.17) is 25.8 Å². The van der Waals surface area contributed by atoms with Crippen LogP contribution in [0.2, 0.25) is 5.02 Å². The van der Waals surface area contributed by atoms with Gasteiger partial charge < -0.3 is 24.1 Å². The van der Waals surface area contributed by atoms with Crippen LogP contribution in [0, 0.1) is 0 Å². The van der Waals surface area contributed by atoms with Crippen LogP contribution in [-0.2, 0) is 11.8 Å². The minimum absolute atomic E-state index is 0.269. The Labute approximate surface area is 185 Å². The molecule has 0 bridgehead atoms. The molecule has 3 aromatic rings. The minimum Gasteiger partial charge on any atom is -0.497 e. The average Bonchev–Trinajstić information content (AvgIpc) is 3.22. The third kappa shape index (κ3) is 4.67. The van der Waals surface area contributed by atoms with E-state index in [2.05, 4.69) is 10.3 Å². The van der Waals surface area contributed by atoms with Crippen molar-refractivity contribution < 1.29 is 19.0 Å². The fourth-order valence-electron chi connectivity index (χ4n) is 3.34. The molecule has 0 aliphatic carbocycles. The Morgan fingerprint density at radius 1 is 1.26 bits per heavy atom. The van der Waals surface area contributed by atoms with Crippen molar-refractivity contribution in [3.63, 3.8) is 0 Å². The second-order valence-electron chi connectivity index (χ2n) is 6.97. The van der Waals surface area contributed by atoms with Crippen molar-refractivity contribution in [1.29, 1.82) is 0 Å². The maximum atomic E-state index is 12.8. The third-order valence-electron chi connectivity index (χ3n) is 4.90. The van der Waals surface area contributed by atoms with Gasteiger partial charge in [-0.15, -0.1) is 0 Å². The van der Waals surface area contributed by atoms with Crippen molar-refractivity contribution >= 4 is 23.6 Å². The molecule has 1 atom stereocenters. The number of hydrogen-bond donors (Lipinski definition) is 1. The molecule has 1 aromatic heterocycles. The number of carbonyl (C=O) groups is 1. The zero-order valence-corrected chi connectivity index (χ0v) is 17.9. The zero-order chi connectivity index (χ0) is 21.8. The van der Waals surface area contributed by atoms with Crippen LogP contribution >= 0.6 is 11.6 Å². The number of nitrogens with zero attached hydrogens (tertiary/aromatic N) is 2. The predicted octanol–water partition coefficient (Wildman–Crippen LogP) is 3.77. The standard InChI is InChI=1S/C23H22ClN3O4/c1-27-10-9-25-23(27)21(16-4-6-17(29-2)7-5-16)26-20(28)8-3-15-13-18(24)22-19(14-15)30-11-12-31-22/h3-10,13-14,21H,11-12H2,1-2H3,(H,26,28)/b8-3+. The summed E-state index contributed by atoms with van der Waals surface area (Å²) in [6.45, 7) is 0.925. The fraction of sp³-hybridized carbons (Fsp3) is 0.217. The Morgan fingerprint density at radius 3 is 2.74 bits per heavy atom. The van der Waals surface area contributed by atoms with Crippen molar-refractivity contribution in [2.75, 3.05) is 20.3 Å². The summed E-state index contributed by atoms with van der Waals surface area (Å²) in [5.41, 5.74) is 1.63. The van der Waals surface area contributed by atoms with Crippen molar-refractivity contribution in [1.82, 2.24) is 14.9 Å². The summed E-state index contributed by atoms with van der Waals surface area (Å²) in [5, 5.41) is 3.47. The number of imidazole rings is 1. The second kappa shape index (κ2) is 9.14. The molecule has 0 fully saturated rings. The molecule has 0 radical (unpaired) electrons. The summed E-state index contributed by atoms with van der Waals surface area (Å²) in [6, 6.07) is 10.6. The van der Waals surface area contributed by atoms with Gasteiger partial charge in [0.1, 0.15) is 30.8 Å². The van der Waals surface area contributed by atoms with E-state index in [0.29, 0.717) is 35.6 Å². The van der Waals surface area contributed by atoms with Gasteiger partial charge in [-0.2, -0.15) is 0 Å². The number of carbonyl (C=O) groups excluding carboxylic acids is 1. The molecule has 1 N–H and O–H groups in total. The summed E-state index contributed by atoms with van der Waals surface area (Å²) in [7, 11) is 3.50. The van der Waals surface area contributed by atoms with E-state index >= 15 is 0 Å². The van der Waals surface area contributed by atoms with E-state index in [9.17, 15) is 4.79 Å². The van der Waals surface area contributed by atoms with Crippen LogP contribution < -0.4 is 19.5 Å². The van der Waals surface area contributed by atoms with E-state index < -0.39 is 6.04 Å². The van der Waals surface area contributed by atoms with Gasteiger partial charge in [-0.3, -0.25) is 4.79 Å². The topological polar surface area (TPSA) is 74.6 Å². The first-order chi connectivity index (χ1) is 15.0. The Bertz CT molecular complexity index is 1110.